The van der Waals surface area contributed by atoms with Gasteiger partial charge in [0.15, 0.2) is 0 Å². The topological polar surface area (TPSA) is 69.0 Å². The molecule has 6 nitrogen and oxygen atoms in total. The summed E-state index contributed by atoms with van der Waals surface area (Å²) in [6, 6.07) is 17.8. The summed E-state index contributed by atoms with van der Waals surface area (Å²) >= 11 is 0. The van der Waals surface area contributed by atoms with Crippen molar-refractivity contribution >= 4 is 16.9 Å². The Kier molecular flexibility index (Phi) is 7.80. The van der Waals surface area contributed by atoms with E-state index < -0.39 is 0 Å². The van der Waals surface area contributed by atoms with Crippen LogP contribution in [0.25, 0.3) is 11.0 Å². The molecule has 0 spiro atoms. The largest absolute Gasteiger partial charge is 0.493 e. The van der Waals surface area contributed by atoms with E-state index in [2.05, 4.69) is 59.9 Å². The van der Waals surface area contributed by atoms with Gasteiger partial charge in [-0.1, -0.05) is 38.1 Å². The fourth-order valence-electron chi connectivity index (χ4n) is 4.30. The first-order valence-corrected chi connectivity index (χ1v) is 12.3. The lowest BCUT2D eigenvalue weighted by atomic mass is 10.0. The molecule has 0 fully saturated rings. The van der Waals surface area contributed by atoms with Gasteiger partial charge in [0.05, 0.1) is 29.2 Å². The summed E-state index contributed by atoms with van der Waals surface area (Å²) in [6.45, 7) is 9.92. The normalized spacial score (nSPS) is 12.1. The lowest BCUT2D eigenvalue weighted by Gasteiger charge is -2.17. The average molecular weight is 471 g/mol. The van der Waals surface area contributed by atoms with Gasteiger partial charge in [-0.15, -0.1) is 0 Å². The molecule has 4 aromatic rings. The van der Waals surface area contributed by atoms with Crippen LogP contribution in [-0.2, 0) is 6.54 Å². The summed E-state index contributed by atoms with van der Waals surface area (Å²) in [5.41, 5.74) is 5.00. The van der Waals surface area contributed by atoms with E-state index in [9.17, 15) is 4.79 Å². The second-order valence-electron chi connectivity index (χ2n) is 9.30. The van der Waals surface area contributed by atoms with Gasteiger partial charge >= 0.3 is 0 Å². The highest BCUT2D eigenvalue weighted by molar-refractivity contribution is 5.94. The summed E-state index contributed by atoms with van der Waals surface area (Å²) in [4.78, 5) is 21.6. The molecule has 35 heavy (non-hydrogen) atoms. The Morgan fingerprint density at radius 2 is 1.89 bits per heavy atom. The average Bonchev–Trinajstić information content (AvgIpc) is 3.23. The predicted octanol–water partition coefficient (Wildman–Crippen LogP) is 6.21. The first-order chi connectivity index (χ1) is 16.9. The summed E-state index contributed by atoms with van der Waals surface area (Å²) in [7, 11) is 0. The summed E-state index contributed by atoms with van der Waals surface area (Å²) in [6.07, 6.45) is 5.10. The maximum atomic E-state index is 12.7. The molecule has 0 saturated heterocycles. The number of nitrogens with one attached hydrogen (secondary N) is 1. The van der Waals surface area contributed by atoms with E-state index >= 15 is 0 Å². The summed E-state index contributed by atoms with van der Waals surface area (Å²) in [5, 5.41) is 3.07. The van der Waals surface area contributed by atoms with Gasteiger partial charge in [-0.2, -0.15) is 0 Å². The van der Waals surface area contributed by atoms with E-state index in [0.29, 0.717) is 18.1 Å². The highest BCUT2D eigenvalue weighted by Gasteiger charge is 2.19. The predicted molar refractivity (Wildman–Crippen MR) is 140 cm³/mol. The van der Waals surface area contributed by atoms with Crippen LogP contribution in [0.15, 0.2) is 67.0 Å². The van der Waals surface area contributed by atoms with Crippen molar-refractivity contribution in [2.45, 2.75) is 59.0 Å². The Labute approximate surface area is 207 Å². The van der Waals surface area contributed by atoms with Crippen LogP contribution in [0.2, 0.25) is 0 Å². The molecule has 4 rings (SSSR count). The number of nitrogens with zero attached hydrogens (tertiary/aromatic N) is 3. The number of ether oxygens (including phenoxy) is 1. The number of carbonyl (C=O) groups is 1. The van der Waals surface area contributed by atoms with Gasteiger partial charge in [-0.05, 0) is 74.1 Å². The van der Waals surface area contributed by atoms with Crippen LogP contribution >= 0.6 is 0 Å². The Morgan fingerprint density at radius 3 is 2.66 bits per heavy atom. The number of hydrogen-bond donors (Lipinski definition) is 1. The molecule has 0 aliphatic rings. The molecule has 6 heteroatoms. The summed E-state index contributed by atoms with van der Waals surface area (Å²) < 4.78 is 8.40. The highest BCUT2D eigenvalue weighted by atomic mass is 16.5. The van der Waals surface area contributed by atoms with E-state index in [1.54, 1.807) is 24.5 Å². The Balaban J connectivity index is 1.42. The van der Waals surface area contributed by atoms with Gasteiger partial charge in [0.25, 0.3) is 5.91 Å². The molecule has 1 atom stereocenters. The van der Waals surface area contributed by atoms with E-state index in [-0.39, 0.29) is 11.9 Å². The monoisotopic (exact) mass is 470 g/mol. The third-order valence-electron chi connectivity index (χ3n) is 6.17. The lowest BCUT2D eigenvalue weighted by Crippen LogP contribution is -2.28. The molecule has 2 aromatic carbocycles. The number of unbranched alkanes of at least 4 members (excludes halogenated alkanes) is 1. The standard InChI is InChI=1S/C29H34N4O2/c1-20(2)24-14-13-21(3)18-27(24)35-17-8-7-16-33-26-12-6-5-11-25(26)32-28(33)22(4)31-29(34)23-10-9-15-30-19-23/h5-6,9-15,18-20,22H,7-8,16-17H2,1-4H3,(H,31,34). The Hall–Kier alpha value is -3.67. The molecule has 0 aliphatic carbocycles. The number of para-hydroxylation sites is 2. The van der Waals surface area contributed by atoms with Crippen LogP contribution < -0.4 is 10.1 Å². The molecule has 1 amide bonds. The third-order valence-corrected chi connectivity index (χ3v) is 6.17. The third kappa shape index (κ3) is 5.88. The molecule has 0 saturated carbocycles. The van der Waals surface area contributed by atoms with E-state index in [0.717, 1.165) is 42.0 Å². The zero-order chi connectivity index (χ0) is 24.8. The van der Waals surface area contributed by atoms with Gasteiger partial charge in [-0.3, -0.25) is 9.78 Å². The van der Waals surface area contributed by atoms with E-state index in [1.807, 2.05) is 25.1 Å². The molecular weight excluding hydrogens is 436 g/mol. The number of hydrogen-bond acceptors (Lipinski definition) is 4. The second kappa shape index (κ2) is 11.2. The molecule has 182 valence electrons. The highest BCUT2D eigenvalue weighted by Crippen LogP contribution is 2.28. The smallest absolute Gasteiger partial charge is 0.253 e. The van der Waals surface area contributed by atoms with E-state index in [1.165, 1.54) is 11.1 Å². The fraction of sp³-hybridized carbons (Fsp3) is 0.345. The second-order valence-corrected chi connectivity index (χ2v) is 9.30. The van der Waals surface area contributed by atoms with Crippen molar-refractivity contribution in [1.82, 2.24) is 19.9 Å². The first-order valence-electron chi connectivity index (χ1n) is 12.3. The van der Waals surface area contributed by atoms with Crippen LogP contribution in [0, 0.1) is 6.92 Å². The van der Waals surface area contributed by atoms with Crippen LogP contribution in [0.5, 0.6) is 5.75 Å². The van der Waals surface area contributed by atoms with Gasteiger partial charge in [0, 0.05) is 18.9 Å². The molecule has 0 bridgehead atoms. The van der Waals surface area contributed by atoms with Crippen LogP contribution in [-0.4, -0.2) is 27.0 Å². The van der Waals surface area contributed by atoms with Gasteiger partial charge in [0.1, 0.15) is 11.6 Å². The number of benzene rings is 2. The van der Waals surface area contributed by atoms with E-state index in [4.69, 9.17) is 9.72 Å². The molecule has 0 aliphatic heterocycles. The van der Waals surface area contributed by atoms with Crippen molar-refractivity contribution in [3.63, 3.8) is 0 Å². The lowest BCUT2D eigenvalue weighted by molar-refractivity contribution is 0.0937. The van der Waals surface area contributed by atoms with Gasteiger partial charge in [-0.25, -0.2) is 4.98 Å². The van der Waals surface area contributed by atoms with Crippen LogP contribution in [0.4, 0.5) is 0 Å². The van der Waals surface area contributed by atoms with Gasteiger partial charge in [0.2, 0.25) is 0 Å². The van der Waals surface area contributed by atoms with Crippen molar-refractivity contribution in [3.8, 4) is 5.75 Å². The first kappa shape index (κ1) is 24.5. The van der Waals surface area contributed by atoms with Crippen molar-refractivity contribution in [2.75, 3.05) is 6.61 Å². The number of pyridine rings is 1. The van der Waals surface area contributed by atoms with Crippen LogP contribution in [0.1, 0.15) is 72.9 Å². The number of aryl methyl sites for hydroxylation is 2. The SMILES string of the molecule is Cc1ccc(C(C)C)c(OCCCCn2c(C(C)NC(=O)c3cccnc3)nc3ccccc32)c1. The number of fused-ring (bicyclic) bond motifs is 1. The molecule has 2 aromatic heterocycles. The molecule has 1 N–H and O–H groups in total. The molecular formula is C29H34N4O2. The van der Waals surface area contributed by atoms with Crippen LogP contribution in [0.3, 0.4) is 0 Å². The van der Waals surface area contributed by atoms with Crippen molar-refractivity contribution in [2.24, 2.45) is 0 Å². The zero-order valence-corrected chi connectivity index (χ0v) is 21.0. The van der Waals surface area contributed by atoms with Crippen molar-refractivity contribution in [3.05, 3.63) is 89.5 Å². The Bertz CT molecular complexity index is 1280. The van der Waals surface area contributed by atoms with Gasteiger partial charge < -0.3 is 14.6 Å². The van der Waals surface area contributed by atoms with Crippen molar-refractivity contribution < 1.29 is 9.53 Å². The number of aromatic nitrogens is 3. The number of amides is 1. The number of imidazole rings is 1. The number of rotatable bonds is 10. The quantitative estimate of drug-likeness (QED) is 0.280. The minimum atomic E-state index is -0.243. The number of carbonyl (C=O) groups excluding carboxylic acids is 1. The molecule has 0 radical (unpaired) electrons. The zero-order valence-electron chi connectivity index (χ0n) is 21.0. The maximum absolute atomic E-state index is 12.7. The minimum Gasteiger partial charge on any atom is -0.493 e. The Morgan fingerprint density at radius 1 is 1.06 bits per heavy atom. The molecule has 2 heterocycles. The fourth-order valence-corrected chi connectivity index (χ4v) is 4.30. The molecule has 1 unspecified atom stereocenters. The summed E-state index contributed by atoms with van der Waals surface area (Å²) in [5.74, 6) is 2.11. The maximum Gasteiger partial charge on any atom is 0.253 e. The minimum absolute atomic E-state index is 0.156. The van der Waals surface area contributed by atoms with Crippen molar-refractivity contribution in [1.29, 1.82) is 0 Å².